The SMILES string of the molecule is Clc1ncnc(N2CCCC2)c1Cc1ccccc1. The molecule has 4 heteroatoms. The molecule has 1 aliphatic rings. The van der Waals surface area contributed by atoms with Crippen LogP contribution in [0.2, 0.25) is 5.15 Å². The van der Waals surface area contributed by atoms with Crippen molar-refractivity contribution in [1.82, 2.24) is 9.97 Å². The fraction of sp³-hybridized carbons (Fsp3) is 0.333. The van der Waals surface area contributed by atoms with Crippen molar-refractivity contribution >= 4 is 17.4 Å². The van der Waals surface area contributed by atoms with Crippen molar-refractivity contribution in [3.8, 4) is 0 Å². The molecule has 0 saturated carbocycles. The molecule has 0 unspecified atom stereocenters. The highest BCUT2D eigenvalue weighted by Crippen LogP contribution is 2.28. The van der Waals surface area contributed by atoms with Crippen molar-refractivity contribution in [2.24, 2.45) is 0 Å². The van der Waals surface area contributed by atoms with Crippen LogP contribution in [-0.2, 0) is 6.42 Å². The van der Waals surface area contributed by atoms with Crippen LogP contribution in [0, 0.1) is 0 Å². The van der Waals surface area contributed by atoms with Crippen LogP contribution in [-0.4, -0.2) is 23.1 Å². The van der Waals surface area contributed by atoms with Crippen molar-refractivity contribution in [3.63, 3.8) is 0 Å². The van der Waals surface area contributed by atoms with E-state index in [1.807, 2.05) is 18.2 Å². The van der Waals surface area contributed by atoms with E-state index in [4.69, 9.17) is 11.6 Å². The average molecular weight is 274 g/mol. The highest BCUT2D eigenvalue weighted by Gasteiger charge is 2.19. The minimum absolute atomic E-state index is 0.570. The summed E-state index contributed by atoms with van der Waals surface area (Å²) in [4.78, 5) is 10.9. The molecule has 2 aromatic rings. The second kappa shape index (κ2) is 5.57. The van der Waals surface area contributed by atoms with Crippen molar-refractivity contribution in [3.05, 3.63) is 52.9 Å². The van der Waals surface area contributed by atoms with Crippen LogP contribution in [0.5, 0.6) is 0 Å². The Morgan fingerprint density at radius 3 is 2.53 bits per heavy atom. The first-order chi connectivity index (χ1) is 9.34. The summed E-state index contributed by atoms with van der Waals surface area (Å²) in [5.41, 5.74) is 2.27. The summed E-state index contributed by atoms with van der Waals surface area (Å²) in [5.74, 6) is 1.00. The minimum atomic E-state index is 0.570. The van der Waals surface area contributed by atoms with Gasteiger partial charge in [-0.3, -0.25) is 0 Å². The molecule has 3 nitrogen and oxygen atoms in total. The summed E-state index contributed by atoms with van der Waals surface area (Å²) in [6.45, 7) is 2.13. The Morgan fingerprint density at radius 2 is 1.79 bits per heavy atom. The quantitative estimate of drug-likeness (QED) is 0.804. The van der Waals surface area contributed by atoms with Crippen LogP contribution in [0.1, 0.15) is 24.0 Å². The standard InChI is InChI=1S/C15H16ClN3/c16-14-13(10-12-6-2-1-3-7-12)15(18-11-17-14)19-8-4-5-9-19/h1-3,6-7,11H,4-5,8-10H2. The van der Waals surface area contributed by atoms with Crippen LogP contribution in [0.3, 0.4) is 0 Å². The summed E-state index contributed by atoms with van der Waals surface area (Å²) < 4.78 is 0. The van der Waals surface area contributed by atoms with E-state index in [0.717, 1.165) is 30.9 Å². The summed E-state index contributed by atoms with van der Waals surface area (Å²) in [5, 5.41) is 0.570. The number of nitrogens with zero attached hydrogens (tertiary/aromatic N) is 3. The molecule has 1 aliphatic heterocycles. The normalized spacial score (nSPS) is 14.9. The summed E-state index contributed by atoms with van der Waals surface area (Å²) in [6.07, 6.45) is 4.80. The van der Waals surface area contributed by atoms with Gasteiger partial charge < -0.3 is 4.90 Å². The molecule has 1 saturated heterocycles. The Bertz CT molecular complexity index is 551. The Balaban J connectivity index is 1.94. The lowest BCUT2D eigenvalue weighted by Gasteiger charge is -2.20. The Morgan fingerprint density at radius 1 is 1.05 bits per heavy atom. The third-order valence-electron chi connectivity index (χ3n) is 3.50. The molecule has 98 valence electrons. The summed E-state index contributed by atoms with van der Waals surface area (Å²) in [7, 11) is 0. The van der Waals surface area contributed by atoms with Gasteiger partial charge in [0.15, 0.2) is 0 Å². The van der Waals surface area contributed by atoms with Crippen molar-refractivity contribution < 1.29 is 0 Å². The predicted molar refractivity (Wildman–Crippen MR) is 77.7 cm³/mol. The molecule has 2 heterocycles. The molecular weight excluding hydrogens is 258 g/mol. The number of aromatic nitrogens is 2. The van der Waals surface area contributed by atoms with Gasteiger partial charge in [0.2, 0.25) is 0 Å². The molecule has 0 N–H and O–H groups in total. The first kappa shape index (κ1) is 12.4. The lowest BCUT2D eigenvalue weighted by Crippen LogP contribution is -2.21. The topological polar surface area (TPSA) is 29.0 Å². The third kappa shape index (κ3) is 2.71. The van der Waals surface area contributed by atoms with Gasteiger partial charge >= 0.3 is 0 Å². The van der Waals surface area contributed by atoms with E-state index < -0.39 is 0 Å². The molecule has 1 fully saturated rings. The Kier molecular flexibility index (Phi) is 3.65. The highest BCUT2D eigenvalue weighted by molar-refractivity contribution is 6.30. The molecule has 1 aromatic carbocycles. The van der Waals surface area contributed by atoms with Crippen LogP contribution in [0.25, 0.3) is 0 Å². The molecule has 3 rings (SSSR count). The molecule has 1 aromatic heterocycles. The van der Waals surface area contributed by atoms with Crippen molar-refractivity contribution in [1.29, 1.82) is 0 Å². The fourth-order valence-corrected chi connectivity index (χ4v) is 2.73. The number of halogens is 1. The van der Waals surface area contributed by atoms with Crippen LogP contribution in [0.15, 0.2) is 36.7 Å². The maximum atomic E-state index is 6.28. The van der Waals surface area contributed by atoms with E-state index >= 15 is 0 Å². The van der Waals surface area contributed by atoms with Crippen molar-refractivity contribution in [2.45, 2.75) is 19.3 Å². The van der Waals surface area contributed by atoms with Gasteiger partial charge in [-0.05, 0) is 18.4 Å². The van der Waals surface area contributed by atoms with Crippen molar-refractivity contribution in [2.75, 3.05) is 18.0 Å². The molecule has 0 atom stereocenters. The van der Waals surface area contributed by atoms with Gasteiger partial charge in [0, 0.05) is 25.1 Å². The first-order valence-corrected chi connectivity index (χ1v) is 7.00. The smallest absolute Gasteiger partial charge is 0.138 e. The molecular formula is C15H16ClN3. The highest BCUT2D eigenvalue weighted by atomic mass is 35.5. The van der Waals surface area contributed by atoms with Gasteiger partial charge in [0.05, 0.1) is 0 Å². The average Bonchev–Trinajstić information content (AvgIpc) is 2.96. The zero-order chi connectivity index (χ0) is 13.1. The monoisotopic (exact) mass is 273 g/mol. The predicted octanol–water partition coefficient (Wildman–Crippen LogP) is 3.32. The van der Waals surface area contributed by atoms with Crippen LogP contribution >= 0.6 is 11.6 Å². The second-order valence-electron chi connectivity index (χ2n) is 4.82. The van der Waals surface area contributed by atoms with E-state index in [9.17, 15) is 0 Å². The number of hydrogen-bond donors (Lipinski definition) is 0. The van der Waals surface area contributed by atoms with E-state index in [0.29, 0.717) is 5.15 Å². The number of rotatable bonds is 3. The number of anilines is 1. The van der Waals surface area contributed by atoms with Gasteiger partial charge in [0.1, 0.15) is 17.3 Å². The number of hydrogen-bond acceptors (Lipinski definition) is 3. The molecule has 0 spiro atoms. The van der Waals surface area contributed by atoms with E-state index in [1.165, 1.54) is 18.4 Å². The van der Waals surface area contributed by atoms with Crippen LogP contribution in [0.4, 0.5) is 5.82 Å². The van der Waals surface area contributed by atoms with Gasteiger partial charge in [-0.25, -0.2) is 9.97 Å². The zero-order valence-electron chi connectivity index (χ0n) is 10.7. The fourth-order valence-electron chi connectivity index (χ4n) is 2.54. The molecule has 19 heavy (non-hydrogen) atoms. The molecule has 0 amide bonds. The van der Waals surface area contributed by atoms with E-state index in [2.05, 4.69) is 27.0 Å². The second-order valence-corrected chi connectivity index (χ2v) is 5.18. The summed E-state index contributed by atoms with van der Waals surface area (Å²) >= 11 is 6.28. The lowest BCUT2D eigenvalue weighted by molar-refractivity contribution is 0.905. The van der Waals surface area contributed by atoms with Gasteiger partial charge in [-0.1, -0.05) is 41.9 Å². The maximum absolute atomic E-state index is 6.28. The Hall–Kier alpha value is -1.61. The van der Waals surface area contributed by atoms with E-state index in [-0.39, 0.29) is 0 Å². The molecule has 0 radical (unpaired) electrons. The zero-order valence-corrected chi connectivity index (χ0v) is 11.5. The van der Waals surface area contributed by atoms with Gasteiger partial charge in [0.25, 0.3) is 0 Å². The summed E-state index contributed by atoms with van der Waals surface area (Å²) in [6, 6.07) is 10.3. The molecule has 0 bridgehead atoms. The van der Waals surface area contributed by atoms with Gasteiger partial charge in [-0.15, -0.1) is 0 Å². The Labute approximate surface area is 118 Å². The largest absolute Gasteiger partial charge is 0.356 e. The maximum Gasteiger partial charge on any atom is 0.138 e. The molecule has 0 aliphatic carbocycles. The minimum Gasteiger partial charge on any atom is -0.356 e. The van der Waals surface area contributed by atoms with Crippen LogP contribution < -0.4 is 4.90 Å². The number of benzene rings is 1. The first-order valence-electron chi connectivity index (χ1n) is 6.63. The lowest BCUT2D eigenvalue weighted by atomic mass is 10.1. The van der Waals surface area contributed by atoms with E-state index in [1.54, 1.807) is 6.33 Å². The third-order valence-corrected chi connectivity index (χ3v) is 3.83. The van der Waals surface area contributed by atoms with Gasteiger partial charge in [-0.2, -0.15) is 0 Å².